The highest BCUT2D eigenvalue weighted by atomic mass is 79.9. The summed E-state index contributed by atoms with van der Waals surface area (Å²) in [5.74, 6) is 0.834. The van der Waals surface area contributed by atoms with E-state index in [1.165, 1.54) is 23.7 Å². The third kappa shape index (κ3) is 3.44. The maximum absolute atomic E-state index is 3.51. The molecule has 1 saturated heterocycles. The molecule has 0 radical (unpaired) electrons. The zero-order valence-electron chi connectivity index (χ0n) is 11.0. The highest BCUT2D eigenvalue weighted by Crippen LogP contribution is 2.40. The second kappa shape index (κ2) is 5.70. The van der Waals surface area contributed by atoms with Crippen LogP contribution in [-0.4, -0.2) is 8.07 Å². The van der Waals surface area contributed by atoms with Crippen LogP contribution in [0.5, 0.6) is 0 Å². The lowest BCUT2D eigenvalue weighted by Crippen LogP contribution is -2.33. The number of hydrogen-bond acceptors (Lipinski definition) is 0. The minimum Gasteiger partial charge on any atom is -0.0691 e. The molecule has 1 aromatic carbocycles. The van der Waals surface area contributed by atoms with Gasteiger partial charge in [-0.3, -0.25) is 0 Å². The first-order chi connectivity index (χ1) is 8.13. The van der Waals surface area contributed by atoms with Gasteiger partial charge in [-0.1, -0.05) is 66.1 Å². The van der Waals surface area contributed by atoms with Gasteiger partial charge in [-0.2, -0.15) is 0 Å². The molecule has 2 heteroatoms. The van der Waals surface area contributed by atoms with E-state index in [9.17, 15) is 0 Å². The molecule has 0 bridgehead atoms. The zero-order valence-corrected chi connectivity index (χ0v) is 13.6. The van der Waals surface area contributed by atoms with E-state index in [1.807, 2.05) is 0 Å². The van der Waals surface area contributed by atoms with Gasteiger partial charge in [0.05, 0.1) is 8.07 Å². The Morgan fingerprint density at radius 2 is 1.76 bits per heavy atom. The van der Waals surface area contributed by atoms with E-state index in [1.54, 1.807) is 23.7 Å². The Balaban J connectivity index is 1.97. The van der Waals surface area contributed by atoms with Crippen molar-refractivity contribution in [1.82, 2.24) is 0 Å². The van der Waals surface area contributed by atoms with Gasteiger partial charge in [-0.05, 0) is 36.5 Å². The van der Waals surface area contributed by atoms with Crippen molar-refractivity contribution in [3.63, 3.8) is 0 Å². The van der Waals surface area contributed by atoms with Gasteiger partial charge in [0.15, 0.2) is 0 Å². The van der Waals surface area contributed by atoms with Crippen LogP contribution in [0.15, 0.2) is 28.7 Å². The maximum Gasteiger partial charge on any atom is 0.0505 e. The van der Waals surface area contributed by atoms with Crippen molar-refractivity contribution in [1.29, 1.82) is 0 Å². The summed E-state index contributed by atoms with van der Waals surface area (Å²) in [6, 6.07) is 13.6. The Labute approximate surface area is 115 Å². The normalized spacial score (nSPS) is 29.2. The fourth-order valence-corrected chi connectivity index (χ4v) is 7.55. The van der Waals surface area contributed by atoms with Gasteiger partial charge in [-0.15, -0.1) is 0 Å². The lowest BCUT2D eigenvalue weighted by atomic mass is 9.94. The molecule has 0 N–H and O–H groups in total. The first kappa shape index (κ1) is 13.4. The van der Waals surface area contributed by atoms with Crippen LogP contribution in [0.1, 0.15) is 37.7 Å². The number of rotatable bonds is 3. The topological polar surface area (TPSA) is 0 Å². The summed E-state index contributed by atoms with van der Waals surface area (Å²) in [7, 11) is -0.831. The highest BCUT2D eigenvalue weighted by molar-refractivity contribution is 9.10. The molecule has 0 spiro atoms. The zero-order chi connectivity index (χ0) is 12.3. The summed E-state index contributed by atoms with van der Waals surface area (Å²) < 4.78 is 1.20. The number of halogens is 1. The van der Waals surface area contributed by atoms with Crippen molar-refractivity contribution >= 4 is 24.0 Å². The van der Waals surface area contributed by atoms with E-state index in [-0.39, 0.29) is 0 Å². The van der Waals surface area contributed by atoms with Crippen molar-refractivity contribution in [3.8, 4) is 0 Å². The molecule has 0 amide bonds. The van der Waals surface area contributed by atoms with E-state index in [4.69, 9.17) is 0 Å². The summed E-state index contributed by atoms with van der Waals surface area (Å²) in [6.07, 6.45) is 4.26. The quantitative estimate of drug-likeness (QED) is 0.617. The van der Waals surface area contributed by atoms with Gasteiger partial charge in [0.25, 0.3) is 0 Å². The molecule has 94 valence electrons. The van der Waals surface area contributed by atoms with E-state index in [2.05, 4.69) is 53.7 Å². The van der Waals surface area contributed by atoms with Gasteiger partial charge in [0.2, 0.25) is 0 Å². The molecule has 1 aromatic rings. The predicted molar refractivity (Wildman–Crippen MR) is 82.4 cm³/mol. The van der Waals surface area contributed by atoms with Crippen LogP contribution in [0.3, 0.4) is 0 Å². The van der Waals surface area contributed by atoms with Gasteiger partial charge in [-0.25, -0.2) is 0 Å². The summed E-state index contributed by atoms with van der Waals surface area (Å²) in [5.41, 5.74) is 1.56. The molecule has 0 saturated carbocycles. The van der Waals surface area contributed by atoms with Gasteiger partial charge in [0.1, 0.15) is 0 Å². The Hall–Kier alpha value is -0.0831. The summed E-state index contributed by atoms with van der Waals surface area (Å²) in [6.45, 7) is 4.97. The average Bonchev–Trinajstić information content (AvgIpc) is 2.31. The monoisotopic (exact) mass is 310 g/mol. The van der Waals surface area contributed by atoms with E-state index >= 15 is 0 Å². The molecule has 1 heterocycles. The highest BCUT2D eigenvalue weighted by Gasteiger charge is 2.32. The van der Waals surface area contributed by atoms with Crippen molar-refractivity contribution in [2.75, 3.05) is 0 Å². The molecule has 1 aliphatic heterocycles. The van der Waals surface area contributed by atoms with Crippen molar-refractivity contribution in [2.45, 2.75) is 56.8 Å². The largest absolute Gasteiger partial charge is 0.0691 e. The van der Waals surface area contributed by atoms with Crippen molar-refractivity contribution in [3.05, 3.63) is 34.3 Å². The Bertz CT molecular complexity index is 350. The molecule has 0 nitrogen and oxygen atoms in total. The van der Waals surface area contributed by atoms with E-state index < -0.39 is 8.07 Å². The van der Waals surface area contributed by atoms with E-state index in [0.717, 1.165) is 5.92 Å². The third-order valence-corrected chi connectivity index (χ3v) is 9.62. The van der Waals surface area contributed by atoms with Crippen LogP contribution in [0.4, 0.5) is 0 Å². The third-order valence-electron chi connectivity index (χ3n) is 4.39. The molecule has 0 unspecified atom stereocenters. The minimum atomic E-state index is -0.831. The predicted octanol–water partition coefficient (Wildman–Crippen LogP) is 5.82. The lowest BCUT2D eigenvalue weighted by molar-refractivity contribution is 0.597. The smallest absolute Gasteiger partial charge is 0.0505 e. The Kier molecular flexibility index (Phi) is 4.48. The van der Waals surface area contributed by atoms with Gasteiger partial charge in [0, 0.05) is 4.47 Å². The number of benzene rings is 1. The van der Waals surface area contributed by atoms with E-state index in [0.29, 0.717) is 0 Å². The molecule has 0 aromatic heterocycles. The molecule has 0 aliphatic carbocycles. The van der Waals surface area contributed by atoms with Gasteiger partial charge >= 0.3 is 0 Å². The van der Waals surface area contributed by atoms with Crippen LogP contribution in [0.2, 0.25) is 24.7 Å². The second-order valence-electron chi connectivity index (χ2n) is 5.89. The summed E-state index contributed by atoms with van der Waals surface area (Å²) in [5, 5.41) is 0. The first-order valence-corrected chi connectivity index (χ1v) is 10.8. The summed E-state index contributed by atoms with van der Waals surface area (Å²) >= 11 is 3.51. The maximum atomic E-state index is 3.51. The summed E-state index contributed by atoms with van der Waals surface area (Å²) in [4.78, 5) is 0. The molecular weight excluding hydrogens is 288 g/mol. The molecular formula is C15H23BrSi. The number of hydrogen-bond donors (Lipinski definition) is 0. The van der Waals surface area contributed by atoms with Crippen LogP contribution >= 0.6 is 15.9 Å². The Morgan fingerprint density at radius 1 is 1.18 bits per heavy atom. The van der Waals surface area contributed by atoms with Gasteiger partial charge < -0.3 is 0 Å². The first-order valence-electron chi connectivity index (χ1n) is 6.88. The van der Waals surface area contributed by atoms with Crippen LogP contribution in [0.25, 0.3) is 0 Å². The molecule has 1 aliphatic rings. The fraction of sp³-hybridized carbons (Fsp3) is 0.600. The van der Waals surface area contributed by atoms with Crippen LogP contribution < -0.4 is 0 Å². The lowest BCUT2D eigenvalue weighted by Gasteiger charge is -2.36. The standard InChI is InChI=1S/C15H23BrSi/c1-3-10-17(2)11-8-14(9-12-17)13-4-6-15(16)7-5-13/h4-7,14H,3,8-12H2,1-2H3/t14-,17-. The SMILES string of the molecule is CCC[Si@]1(C)CC[C@@H](c2ccc(Br)cc2)CC1. The minimum absolute atomic E-state index is 0.831. The van der Waals surface area contributed by atoms with Crippen LogP contribution in [0, 0.1) is 0 Å². The van der Waals surface area contributed by atoms with Crippen molar-refractivity contribution < 1.29 is 0 Å². The Morgan fingerprint density at radius 3 is 2.29 bits per heavy atom. The molecule has 0 atom stereocenters. The molecule has 2 rings (SSSR count). The fourth-order valence-electron chi connectivity index (χ4n) is 3.24. The molecule has 17 heavy (non-hydrogen) atoms. The second-order valence-corrected chi connectivity index (χ2v) is 11.9. The van der Waals surface area contributed by atoms with Crippen LogP contribution in [-0.2, 0) is 0 Å². The average molecular weight is 311 g/mol. The van der Waals surface area contributed by atoms with Crippen molar-refractivity contribution in [2.24, 2.45) is 0 Å². The molecule has 1 fully saturated rings.